The zero-order chi connectivity index (χ0) is 23.6. The van der Waals surface area contributed by atoms with Crippen molar-refractivity contribution in [3.8, 4) is 0 Å². The fourth-order valence-electron chi connectivity index (χ4n) is 4.50. The van der Waals surface area contributed by atoms with Crippen LogP contribution in [-0.4, -0.2) is 39.5 Å². The van der Waals surface area contributed by atoms with E-state index in [1.54, 1.807) is 12.1 Å². The van der Waals surface area contributed by atoms with Gasteiger partial charge in [-0.15, -0.1) is 0 Å². The first-order valence-electron chi connectivity index (χ1n) is 11.1. The third-order valence-electron chi connectivity index (χ3n) is 6.37. The molecular formula is C24H27ClN2O5S. The quantitative estimate of drug-likeness (QED) is 0.619. The van der Waals surface area contributed by atoms with Crippen LogP contribution in [0.15, 0.2) is 47.4 Å². The second kappa shape index (κ2) is 9.73. The minimum atomic E-state index is -3.98. The Hall–Kier alpha value is -2.58. The monoisotopic (exact) mass is 490 g/mol. The van der Waals surface area contributed by atoms with Crippen LogP contribution in [0.2, 0.25) is 5.02 Å². The molecule has 2 aromatic carbocycles. The number of nitrogens with zero attached hydrogens (tertiary/aromatic N) is 1. The molecule has 2 unspecified atom stereocenters. The molecule has 0 saturated heterocycles. The van der Waals surface area contributed by atoms with Crippen LogP contribution < -0.4 is 9.62 Å². The van der Waals surface area contributed by atoms with Crippen LogP contribution in [0.3, 0.4) is 0 Å². The Balaban J connectivity index is 1.46. The lowest BCUT2D eigenvalue weighted by molar-refractivity contribution is -0.125. The number of ether oxygens (including phenoxy) is 1. The zero-order valence-electron chi connectivity index (χ0n) is 18.4. The smallest absolute Gasteiger partial charge is 0.338 e. The first-order chi connectivity index (χ1) is 15.8. The molecule has 1 N–H and O–H groups in total. The maximum Gasteiger partial charge on any atom is 0.338 e. The van der Waals surface area contributed by atoms with E-state index in [2.05, 4.69) is 12.2 Å². The third-order valence-corrected chi connectivity index (χ3v) is 8.67. The second-order valence-electron chi connectivity index (χ2n) is 8.61. The predicted octanol–water partition coefficient (Wildman–Crippen LogP) is 3.94. The van der Waals surface area contributed by atoms with E-state index in [0.29, 0.717) is 24.6 Å². The molecule has 1 aliphatic heterocycles. The number of fused-ring (bicyclic) bond motifs is 1. The number of carbonyl (C=O) groups excluding carboxylic acids is 2. The Morgan fingerprint density at radius 2 is 1.91 bits per heavy atom. The van der Waals surface area contributed by atoms with Gasteiger partial charge in [-0.2, -0.15) is 0 Å². The highest BCUT2D eigenvalue weighted by atomic mass is 35.5. The summed E-state index contributed by atoms with van der Waals surface area (Å²) in [5.74, 6) is -0.757. The van der Waals surface area contributed by atoms with Gasteiger partial charge < -0.3 is 10.1 Å². The molecule has 1 amide bonds. The molecule has 1 heterocycles. The molecule has 2 aliphatic rings. The molecule has 1 aliphatic carbocycles. The number of benzene rings is 2. The van der Waals surface area contributed by atoms with Gasteiger partial charge >= 0.3 is 5.97 Å². The Bertz CT molecular complexity index is 1170. The van der Waals surface area contributed by atoms with Gasteiger partial charge in [-0.05, 0) is 55.0 Å². The van der Waals surface area contributed by atoms with E-state index in [4.69, 9.17) is 16.3 Å². The summed E-state index contributed by atoms with van der Waals surface area (Å²) in [7, 11) is -3.98. The van der Waals surface area contributed by atoms with E-state index in [0.717, 1.165) is 31.2 Å². The lowest BCUT2D eigenvalue weighted by Crippen LogP contribution is -2.42. The van der Waals surface area contributed by atoms with E-state index in [1.807, 2.05) is 12.1 Å². The largest absolute Gasteiger partial charge is 0.452 e. The number of carbonyl (C=O) groups is 2. The van der Waals surface area contributed by atoms with Crippen molar-refractivity contribution in [3.63, 3.8) is 0 Å². The standard InChI is InChI=1S/C24H27ClN2O5S/c1-16-6-2-4-8-20(16)26-23(28)15-32-24(29)18-10-11-19(25)22(14-18)33(30,31)27-13-12-17-7-3-5-9-21(17)27/h3,5,7,9-11,14,16,20H,2,4,6,8,12-13,15H2,1H3,(H,26,28). The van der Waals surface area contributed by atoms with E-state index in [-0.39, 0.29) is 27.4 Å². The van der Waals surface area contributed by atoms with Crippen LogP contribution >= 0.6 is 11.6 Å². The molecule has 2 atom stereocenters. The number of amides is 1. The Kier molecular flexibility index (Phi) is 6.95. The summed E-state index contributed by atoms with van der Waals surface area (Å²) in [6.45, 7) is 1.98. The molecule has 7 nitrogen and oxygen atoms in total. The van der Waals surface area contributed by atoms with Gasteiger partial charge in [0.2, 0.25) is 0 Å². The molecule has 176 valence electrons. The highest BCUT2D eigenvalue weighted by molar-refractivity contribution is 7.93. The molecule has 1 fully saturated rings. The Morgan fingerprint density at radius 3 is 2.70 bits per heavy atom. The number of esters is 1. The fraction of sp³-hybridized carbons (Fsp3) is 0.417. The van der Waals surface area contributed by atoms with Gasteiger partial charge in [0, 0.05) is 12.6 Å². The van der Waals surface area contributed by atoms with Gasteiger partial charge in [-0.25, -0.2) is 13.2 Å². The highest BCUT2D eigenvalue weighted by Crippen LogP contribution is 2.35. The molecular weight excluding hydrogens is 464 g/mol. The van der Waals surface area contributed by atoms with Crippen LogP contribution in [0.4, 0.5) is 5.69 Å². The summed E-state index contributed by atoms with van der Waals surface area (Å²) in [4.78, 5) is 24.6. The minimum absolute atomic E-state index is 0.0139. The van der Waals surface area contributed by atoms with Crippen molar-refractivity contribution in [1.29, 1.82) is 0 Å². The van der Waals surface area contributed by atoms with Crippen molar-refractivity contribution >= 4 is 39.2 Å². The van der Waals surface area contributed by atoms with Crippen LogP contribution in [-0.2, 0) is 26.0 Å². The van der Waals surface area contributed by atoms with Crippen molar-refractivity contribution in [2.75, 3.05) is 17.5 Å². The molecule has 33 heavy (non-hydrogen) atoms. The highest BCUT2D eigenvalue weighted by Gasteiger charge is 2.33. The van der Waals surface area contributed by atoms with Gasteiger partial charge in [-0.1, -0.05) is 49.6 Å². The fourth-order valence-corrected chi connectivity index (χ4v) is 6.50. The SMILES string of the molecule is CC1CCCCC1NC(=O)COC(=O)c1ccc(Cl)c(S(=O)(=O)N2CCc3ccccc32)c1. The predicted molar refractivity (Wildman–Crippen MR) is 126 cm³/mol. The molecule has 2 aromatic rings. The van der Waals surface area contributed by atoms with Gasteiger partial charge in [-0.3, -0.25) is 9.10 Å². The van der Waals surface area contributed by atoms with Gasteiger partial charge in [0.05, 0.1) is 16.3 Å². The Morgan fingerprint density at radius 1 is 1.15 bits per heavy atom. The van der Waals surface area contributed by atoms with Gasteiger partial charge in [0.25, 0.3) is 15.9 Å². The lowest BCUT2D eigenvalue weighted by atomic mass is 9.86. The zero-order valence-corrected chi connectivity index (χ0v) is 20.0. The van der Waals surface area contributed by atoms with Crippen LogP contribution in [0.1, 0.15) is 48.5 Å². The molecule has 0 bridgehead atoms. The van der Waals surface area contributed by atoms with Crippen LogP contribution in [0.5, 0.6) is 0 Å². The Labute approximate surface area is 199 Å². The average Bonchev–Trinajstić information content (AvgIpc) is 3.24. The number of para-hydroxylation sites is 1. The van der Waals surface area contributed by atoms with E-state index < -0.39 is 22.6 Å². The van der Waals surface area contributed by atoms with E-state index in [1.165, 1.54) is 22.5 Å². The summed E-state index contributed by atoms with van der Waals surface area (Å²) >= 11 is 6.22. The average molecular weight is 491 g/mol. The summed E-state index contributed by atoms with van der Waals surface area (Å²) in [6, 6.07) is 11.3. The number of sulfonamides is 1. The number of anilines is 1. The number of hydrogen-bond donors (Lipinski definition) is 1. The number of hydrogen-bond acceptors (Lipinski definition) is 5. The maximum absolute atomic E-state index is 13.3. The second-order valence-corrected chi connectivity index (χ2v) is 10.9. The van der Waals surface area contributed by atoms with Crippen molar-refractivity contribution in [1.82, 2.24) is 5.32 Å². The molecule has 0 radical (unpaired) electrons. The number of rotatable bonds is 6. The van der Waals surface area contributed by atoms with Crippen molar-refractivity contribution < 1.29 is 22.7 Å². The molecule has 0 aromatic heterocycles. The molecule has 9 heteroatoms. The first kappa shape index (κ1) is 23.6. The van der Waals surface area contributed by atoms with E-state index in [9.17, 15) is 18.0 Å². The van der Waals surface area contributed by atoms with Crippen LogP contribution in [0, 0.1) is 5.92 Å². The van der Waals surface area contributed by atoms with Crippen molar-refractivity contribution in [2.24, 2.45) is 5.92 Å². The number of halogens is 1. The van der Waals surface area contributed by atoms with Crippen molar-refractivity contribution in [2.45, 2.75) is 50.0 Å². The summed E-state index contributed by atoms with van der Waals surface area (Å²) < 4.78 is 33.1. The normalized spacial score (nSPS) is 20.2. The minimum Gasteiger partial charge on any atom is -0.452 e. The van der Waals surface area contributed by atoms with Gasteiger partial charge in [0.1, 0.15) is 4.90 Å². The number of nitrogens with one attached hydrogen (secondary N) is 1. The molecule has 0 spiro atoms. The molecule has 1 saturated carbocycles. The van der Waals surface area contributed by atoms with Crippen molar-refractivity contribution in [3.05, 3.63) is 58.6 Å². The summed E-state index contributed by atoms with van der Waals surface area (Å²) in [5.41, 5.74) is 1.56. The van der Waals surface area contributed by atoms with Crippen LogP contribution in [0.25, 0.3) is 0 Å². The topological polar surface area (TPSA) is 92.8 Å². The maximum atomic E-state index is 13.3. The lowest BCUT2D eigenvalue weighted by Gasteiger charge is -2.29. The first-order valence-corrected chi connectivity index (χ1v) is 13.0. The van der Waals surface area contributed by atoms with E-state index >= 15 is 0 Å². The summed E-state index contributed by atoms with van der Waals surface area (Å²) in [6.07, 6.45) is 4.81. The van der Waals surface area contributed by atoms with Gasteiger partial charge in [0.15, 0.2) is 6.61 Å². The summed E-state index contributed by atoms with van der Waals surface area (Å²) in [5, 5.41) is 2.94. The molecule has 4 rings (SSSR count). The third kappa shape index (κ3) is 5.01.